The number of nitrogens with zero attached hydrogens (tertiary/aromatic N) is 1. The molecule has 1 atom stereocenters. The van der Waals surface area contributed by atoms with Crippen molar-refractivity contribution in [3.05, 3.63) is 30.1 Å². The van der Waals surface area contributed by atoms with E-state index in [1.54, 1.807) is 24.5 Å². The number of carbonyl (C=O) groups is 1. The lowest BCUT2D eigenvalue weighted by atomic mass is 10.2. The molecular weight excluding hydrogens is 206 g/mol. The molecule has 1 aromatic rings. The highest BCUT2D eigenvalue weighted by atomic mass is 16.5. The Morgan fingerprint density at radius 3 is 3.31 bits per heavy atom. The van der Waals surface area contributed by atoms with Crippen LogP contribution in [-0.4, -0.2) is 43.2 Å². The van der Waals surface area contributed by atoms with E-state index >= 15 is 0 Å². The van der Waals surface area contributed by atoms with E-state index in [9.17, 15) is 4.79 Å². The molecule has 0 bridgehead atoms. The summed E-state index contributed by atoms with van der Waals surface area (Å²) >= 11 is 0. The summed E-state index contributed by atoms with van der Waals surface area (Å²) in [6.45, 7) is 2.90. The molecule has 16 heavy (non-hydrogen) atoms. The van der Waals surface area contributed by atoms with Crippen LogP contribution in [0.3, 0.4) is 0 Å². The van der Waals surface area contributed by atoms with Gasteiger partial charge in [0.2, 0.25) is 0 Å². The van der Waals surface area contributed by atoms with E-state index in [1.165, 1.54) is 0 Å². The van der Waals surface area contributed by atoms with Crippen molar-refractivity contribution in [1.82, 2.24) is 15.6 Å². The van der Waals surface area contributed by atoms with Crippen molar-refractivity contribution >= 4 is 5.91 Å². The fourth-order valence-electron chi connectivity index (χ4n) is 1.56. The summed E-state index contributed by atoms with van der Waals surface area (Å²) in [6.07, 6.45) is 3.26. The lowest BCUT2D eigenvalue weighted by Crippen LogP contribution is -2.45. The first-order valence-corrected chi connectivity index (χ1v) is 5.37. The minimum Gasteiger partial charge on any atom is -0.374 e. The molecule has 1 aliphatic rings. The standard InChI is InChI=1S/C11H15N3O2/c15-11(9-2-1-3-12-6-9)14-8-10-7-13-4-5-16-10/h1-3,6,10,13H,4-5,7-8H2,(H,14,15). The van der Waals surface area contributed by atoms with Crippen molar-refractivity contribution in [2.75, 3.05) is 26.2 Å². The zero-order valence-electron chi connectivity index (χ0n) is 8.98. The molecule has 0 spiro atoms. The van der Waals surface area contributed by atoms with Crippen LogP contribution in [0.15, 0.2) is 24.5 Å². The van der Waals surface area contributed by atoms with Gasteiger partial charge in [0.1, 0.15) is 0 Å². The van der Waals surface area contributed by atoms with Gasteiger partial charge >= 0.3 is 0 Å². The number of amides is 1. The van der Waals surface area contributed by atoms with Crippen LogP contribution in [0.2, 0.25) is 0 Å². The Kier molecular flexibility index (Phi) is 3.85. The summed E-state index contributed by atoms with van der Waals surface area (Å²) in [5.74, 6) is -0.109. The quantitative estimate of drug-likeness (QED) is 0.742. The van der Waals surface area contributed by atoms with Crippen LogP contribution in [0.5, 0.6) is 0 Å². The largest absolute Gasteiger partial charge is 0.374 e. The molecule has 2 heterocycles. The van der Waals surface area contributed by atoms with E-state index in [1.807, 2.05) is 0 Å². The molecule has 5 nitrogen and oxygen atoms in total. The van der Waals surface area contributed by atoms with Crippen molar-refractivity contribution < 1.29 is 9.53 Å². The molecule has 1 fully saturated rings. The van der Waals surface area contributed by atoms with Crippen LogP contribution in [0.4, 0.5) is 0 Å². The predicted octanol–water partition coefficient (Wildman–Crippen LogP) is -0.200. The maximum atomic E-state index is 11.7. The van der Waals surface area contributed by atoms with Crippen LogP contribution in [-0.2, 0) is 4.74 Å². The van der Waals surface area contributed by atoms with E-state index < -0.39 is 0 Å². The molecule has 1 amide bonds. The van der Waals surface area contributed by atoms with Crippen molar-refractivity contribution in [1.29, 1.82) is 0 Å². The van der Waals surface area contributed by atoms with Gasteiger partial charge in [-0.15, -0.1) is 0 Å². The Morgan fingerprint density at radius 2 is 2.62 bits per heavy atom. The normalized spacial score (nSPS) is 20.4. The number of hydrogen-bond acceptors (Lipinski definition) is 4. The van der Waals surface area contributed by atoms with Gasteiger partial charge in [-0.05, 0) is 12.1 Å². The molecule has 1 aliphatic heterocycles. The SMILES string of the molecule is O=C(NCC1CNCCO1)c1cccnc1. The number of rotatable bonds is 3. The fourth-order valence-corrected chi connectivity index (χ4v) is 1.56. The number of carbonyl (C=O) groups excluding carboxylic acids is 1. The fraction of sp³-hybridized carbons (Fsp3) is 0.455. The van der Waals surface area contributed by atoms with Crippen molar-refractivity contribution in [3.8, 4) is 0 Å². The highest BCUT2D eigenvalue weighted by Gasteiger charge is 2.14. The Hall–Kier alpha value is -1.46. The zero-order valence-corrected chi connectivity index (χ0v) is 8.98. The van der Waals surface area contributed by atoms with Crippen LogP contribution in [0.25, 0.3) is 0 Å². The van der Waals surface area contributed by atoms with Gasteiger partial charge < -0.3 is 15.4 Å². The van der Waals surface area contributed by atoms with E-state index in [2.05, 4.69) is 15.6 Å². The number of aromatic nitrogens is 1. The zero-order chi connectivity index (χ0) is 11.2. The highest BCUT2D eigenvalue weighted by molar-refractivity contribution is 5.93. The molecule has 0 saturated carbocycles. The average molecular weight is 221 g/mol. The molecule has 0 aliphatic carbocycles. The number of nitrogens with one attached hydrogen (secondary N) is 2. The lowest BCUT2D eigenvalue weighted by molar-refractivity contribution is 0.0287. The first-order chi connectivity index (χ1) is 7.86. The molecule has 1 saturated heterocycles. The molecule has 0 aromatic carbocycles. The van der Waals surface area contributed by atoms with Crippen molar-refractivity contribution in [3.63, 3.8) is 0 Å². The Labute approximate surface area is 94.2 Å². The summed E-state index contributed by atoms with van der Waals surface area (Å²) < 4.78 is 5.47. The van der Waals surface area contributed by atoms with Gasteiger partial charge in [-0.2, -0.15) is 0 Å². The molecule has 0 radical (unpaired) electrons. The topological polar surface area (TPSA) is 63.2 Å². The Bertz CT molecular complexity index is 336. The third-order valence-electron chi connectivity index (χ3n) is 2.42. The van der Waals surface area contributed by atoms with Gasteiger partial charge in [-0.25, -0.2) is 0 Å². The molecule has 1 aromatic heterocycles. The smallest absolute Gasteiger partial charge is 0.252 e. The number of ether oxygens (including phenoxy) is 1. The average Bonchev–Trinajstić information content (AvgIpc) is 2.38. The second kappa shape index (κ2) is 5.58. The van der Waals surface area contributed by atoms with Gasteiger partial charge in [-0.3, -0.25) is 9.78 Å². The first kappa shape index (κ1) is 11.0. The van der Waals surface area contributed by atoms with Gasteiger partial charge in [0.15, 0.2) is 0 Å². The first-order valence-electron chi connectivity index (χ1n) is 5.37. The van der Waals surface area contributed by atoms with Crippen LogP contribution < -0.4 is 10.6 Å². The third-order valence-corrected chi connectivity index (χ3v) is 2.42. The predicted molar refractivity (Wildman–Crippen MR) is 59.2 cm³/mol. The summed E-state index contributed by atoms with van der Waals surface area (Å²) in [6, 6.07) is 3.48. The van der Waals surface area contributed by atoms with E-state index in [0.29, 0.717) is 18.7 Å². The minimum atomic E-state index is -0.109. The molecule has 5 heteroatoms. The molecule has 1 unspecified atom stereocenters. The summed E-state index contributed by atoms with van der Waals surface area (Å²) in [7, 11) is 0. The van der Waals surface area contributed by atoms with E-state index in [-0.39, 0.29) is 12.0 Å². The monoisotopic (exact) mass is 221 g/mol. The maximum Gasteiger partial charge on any atom is 0.252 e. The highest BCUT2D eigenvalue weighted by Crippen LogP contribution is 1.97. The number of morpholine rings is 1. The van der Waals surface area contributed by atoms with E-state index in [4.69, 9.17) is 4.74 Å². The third kappa shape index (κ3) is 3.01. The molecule has 86 valence electrons. The van der Waals surface area contributed by atoms with Gasteiger partial charge in [0.25, 0.3) is 5.91 Å². The number of hydrogen-bond donors (Lipinski definition) is 2. The van der Waals surface area contributed by atoms with Crippen molar-refractivity contribution in [2.45, 2.75) is 6.10 Å². The van der Waals surface area contributed by atoms with Crippen LogP contribution >= 0.6 is 0 Å². The summed E-state index contributed by atoms with van der Waals surface area (Å²) in [4.78, 5) is 15.6. The van der Waals surface area contributed by atoms with E-state index in [0.717, 1.165) is 13.1 Å². The lowest BCUT2D eigenvalue weighted by Gasteiger charge is -2.23. The van der Waals surface area contributed by atoms with Crippen LogP contribution in [0, 0.1) is 0 Å². The summed E-state index contributed by atoms with van der Waals surface area (Å²) in [5.41, 5.74) is 0.575. The minimum absolute atomic E-state index is 0.0642. The second-order valence-electron chi connectivity index (χ2n) is 3.65. The van der Waals surface area contributed by atoms with Crippen LogP contribution in [0.1, 0.15) is 10.4 Å². The maximum absolute atomic E-state index is 11.7. The van der Waals surface area contributed by atoms with Crippen molar-refractivity contribution in [2.24, 2.45) is 0 Å². The second-order valence-corrected chi connectivity index (χ2v) is 3.65. The summed E-state index contributed by atoms with van der Waals surface area (Å²) in [5, 5.41) is 6.03. The Balaban J connectivity index is 1.79. The Morgan fingerprint density at radius 1 is 1.69 bits per heavy atom. The van der Waals surface area contributed by atoms with Gasteiger partial charge in [0, 0.05) is 32.0 Å². The molecule has 2 N–H and O–H groups in total. The number of pyridine rings is 1. The van der Waals surface area contributed by atoms with Gasteiger partial charge in [-0.1, -0.05) is 0 Å². The molecule has 2 rings (SSSR count). The molecular formula is C11H15N3O2. The van der Waals surface area contributed by atoms with Gasteiger partial charge in [0.05, 0.1) is 18.3 Å².